The van der Waals surface area contributed by atoms with Crippen LogP contribution in [0.4, 0.5) is 11.5 Å². The van der Waals surface area contributed by atoms with Crippen LogP contribution in [-0.4, -0.2) is 34.9 Å². The fraction of sp³-hybridized carbons (Fsp3) is 0.333. The lowest BCUT2D eigenvalue weighted by atomic mass is 10.1. The quantitative estimate of drug-likeness (QED) is 0.494. The van der Waals surface area contributed by atoms with Crippen LogP contribution in [0.15, 0.2) is 24.5 Å². The number of hydrogen-bond donors (Lipinski definition) is 3. The van der Waals surface area contributed by atoms with E-state index < -0.39 is 0 Å². The molecule has 0 fully saturated rings. The summed E-state index contributed by atoms with van der Waals surface area (Å²) in [7, 11) is 1.39. The van der Waals surface area contributed by atoms with Gasteiger partial charge in [-0.2, -0.15) is 0 Å². The zero-order valence-corrected chi connectivity index (χ0v) is 18.4. The first-order valence-corrected chi connectivity index (χ1v) is 10.4. The number of carbonyl (C=O) groups excluding carboxylic acids is 2. The minimum absolute atomic E-state index is 0.0921. The van der Waals surface area contributed by atoms with Gasteiger partial charge >= 0.3 is 0 Å². The molecule has 0 saturated heterocycles. The summed E-state index contributed by atoms with van der Waals surface area (Å²) in [6.07, 6.45) is 2.32. The van der Waals surface area contributed by atoms with Crippen LogP contribution in [0.1, 0.15) is 51.4 Å². The molecule has 0 aliphatic rings. The van der Waals surface area contributed by atoms with E-state index in [4.69, 9.17) is 4.84 Å². The summed E-state index contributed by atoms with van der Waals surface area (Å²) in [5.41, 5.74) is 5.26. The van der Waals surface area contributed by atoms with Gasteiger partial charge in [-0.3, -0.25) is 14.4 Å². The van der Waals surface area contributed by atoms with Crippen molar-refractivity contribution in [1.29, 1.82) is 0 Å². The number of carbonyl (C=O) groups is 2. The largest absolute Gasteiger partial charge is 0.349 e. The van der Waals surface area contributed by atoms with Crippen LogP contribution in [-0.2, 0) is 4.84 Å². The van der Waals surface area contributed by atoms with Gasteiger partial charge in [-0.15, -0.1) is 11.3 Å². The molecule has 0 aliphatic heterocycles. The molecular weight excluding hydrogens is 402 g/mol. The number of anilines is 2. The molecule has 30 heavy (non-hydrogen) atoms. The van der Waals surface area contributed by atoms with Gasteiger partial charge < -0.3 is 10.6 Å². The zero-order chi connectivity index (χ0) is 21.8. The molecule has 9 heteroatoms. The Balaban J connectivity index is 1.99. The lowest BCUT2D eigenvalue weighted by Gasteiger charge is -2.12. The number of hydroxylamine groups is 1. The number of aryl methyl sites for hydroxylation is 2. The van der Waals surface area contributed by atoms with E-state index in [1.54, 1.807) is 12.1 Å². The Bertz CT molecular complexity index is 1100. The van der Waals surface area contributed by atoms with Gasteiger partial charge in [-0.25, -0.2) is 15.4 Å². The van der Waals surface area contributed by atoms with Gasteiger partial charge in [0.2, 0.25) is 0 Å². The summed E-state index contributed by atoms with van der Waals surface area (Å²) >= 11 is 1.34. The maximum absolute atomic E-state index is 12.7. The molecule has 0 aliphatic carbocycles. The molecule has 0 radical (unpaired) electrons. The summed E-state index contributed by atoms with van der Waals surface area (Å²) in [4.78, 5) is 39.6. The first-order chi connectivity index (χ1) is 14.3. The molecule has 8 nitrogen and oxygen atoms in total. The second-order valence-corrected chi connectivity index (χ2v) is 8.03. The molecule has 158 valence electrons. The predicted molar refractivity (Wildman–Crippen MR) is 118 cm³/mol. The van der Waals surface area contributed by atoms with Crippen molar-refractivity contribution in [2.45, 2.75) is 40.2 Å². The number of benzene rings is 1. The Kier molecular flexibility index (Phi) is 6.63. The number of thiophene rings is 1. The Morgan fingerprint density at radius 3 is 2.67 bits per heavy atom. The van der Waals surface area contributed by atoms with Gasteiger partial charge in [0.15, 0.2) is 0 Å². The van der Waals surface area contributed by atoms with E-state index in [1.807, 2.05) is 33.8 Å². The maximum Gasteiger partial charge on any atom is 0.274 e. The van der Waals surface area contributed by atoms with Crippen molar-refractivity contribution in [2.24, 2.45) is 0 Å². The van der Waals surface area contributed by atoms with Gasteiger partial charge in [-0.1, -0.05) is 13.0 Å². The zero-order valence-electron chi connectivity index (χ0n) is 17.6. The molecule has 1 aromatic carbocycles. The third-order valence-electron chi connectivity index (χ3n) is 4.87. The number of hydrogen-bond acceptors (Lipinski definition) is 7. The van der Waals surface area contributed by atoms with Crippen LogP contribution in [0.2, 0.25) is 0 Å². The van der Waals surface area contributed by atoms with Gasteiger partial charge in [0.1, 0.15) is 17.0 Å². The molecule has 0 spiro atoms. The number of aromatic nitrogens is 2. The molecule has 2 aromatic heterocycles. The second-order valence-electron chi connectivity index (χ2n) is 7.03. The van der Waals surface area contributed by atoms with Crippen LogP contribution >= 0.6 is 11.3 Å². The molecule has 0 saturated carbocycles. The molecule has 2 heterocycles. The molecule has 3 aromatic rings. The summed E-state index contributed by atoms with van der Waals surface area (Å²) < 4.78 is 0. The van der Waals surface area contributed by atoms with Gasteiger partial charge in [0, 0.05) is 17.3 Å². The van der Waals surface area contributed by atoms with E-state index in [0.29, 0.717) is 16.3 Å². The summed E-state index contributed by atoms with van der Waals surface area (Å²) in [5.74, 6) is 0.137. The summed E-state index contributed by atoms with van der Waals surface area (Å²) in [6, 6.07) is 5.39. The van der Waals surface area contributed by atoms with E-state index in [0.717, 1.165) is 33.5 Å². The van der Waals surface area contributed by atoms with Gasteiger partial charge in [0.25, 0.3) is 11.8 Å². The smallest absolute Gasteiger partial charge is 0.274 e. The number of nitrogens with one attached hydrogen (secondary N) is 3. The predicted octanol–water partition coefficient (Wildman–Crippen LogP) is 3.87. The SMILES string of the molecule is CC[C@H](C)NC(=O)c1sc2ncnc(Nc3cc(C(=O)NOC)ccc3C)c2c1C. The molecule has 0 bridgehead atoms. The van der Waals surface area contributed by atoms with Gasteiger partial charge in [-0.05, 0) is 50.5 Å². The van der Waals surface area contributed by atoms with Crippen molar-refractivity contribution in [2.75, 3.05) is 12.4 Å². The number of amides is 2. The molecule has 3 rings (SSSR count). The molecule has 1 atom stereocenters. The Hall–Kier alpha value is -3.04. The van der Waals surface area contributed by atoms with Crippen LogP contribution in [0.3, 0.4) is 0 Å². The summed E-state index contributed by atoms with van der Waals surface area (Å²) in [6.45, 7) is 7.83. The van der Waals surface area contributed by atoms with Crippen LogP contribution in [0.25, 0.3) is 10.2 Å². The minimum atomic E-state index is -0.343. The van der Waals surface area contributed by atoms with E-state index in [9.17, 15) is 9.59 Å². The van der Waals surface area contributed by atoms with E-state index in [1.165, 1.54) is 24.8 Å². The highest BCUT2D eigenvalue weighted by molar-refractivity contribution is 7.20. The van der Waals surface area contributed by atoms with E-state index >= 15 is 0 Å². The molecular formula is C21H25N5O3S. The van der Waals surface area contributed by atoms with Crippen molar-refractivity contribution >= 4 is 44.9 Å². The lowest BCUT2D eigenvalue weighted by molar-refractivity contribution is 0.0537. The molecule has 0 unspecified atom stereocenters. The number of nitrogens with zero attached hydrogens (tertiary/aromatic N) is 2. The fourth-order valence-electron chi connectivity index (χ4n) is 2.95. The number of rotatable bonds is 7. The fourth-order valence-corrected chi connectivity index (χ4v) is 4.00. The Morgan fingerprint density at radius 1 is 1.20 bits per heavy atom. The van der Waals surface area contributed by atoms with Crippen molar-refractivity contribution in [3.63, 3.8) is 0 Å². The maximum atomic E-state index is 12.7. The van der Waals surface area contributed by atoms with Crippen LogP contribution in [0.5, 0.6) is 0 Å². The topological polar surface area (TPSA) is 105 Å². The molecule has 2 amide bonds. The Labute approximate surface area is 179 Å². The van der Waals surface area contributed by atoms with E-state index in [2.05, 4.69) is 26.1 Å². The molecule has 3 N–H and O–H groups in total. The van der Waals surface area contributed by atoms with Crippen molar-refractivity contribution in [3.8, 4) is 0 Å². The third-order valence-corrected chi connectivity index (χ3v) is 6.07. The lowest BCUT2D eigenvalue weighted by Crippen LogP contribution is -2.31. The van der Waals surface area contributed by atoms with Gasteiger partial charge in [0.05, 0.1) is 17.4 Å². The van der Waals surface area contributed by atoms with Crippen molar-refractivity contribution in [3.05, 3.63) is 46.1 Å². The van der Waals surface area contributed by atoms with Crippen LogP contribution in [0, 0.1) is 13.8 Å². The first kappa shape index (κ1) is 21.7. The highest BCUT2D eigenvalue weighted by Gasteiger charge is 2.20. The third kappa shape index (κ3) is 4.42. The van der Waals surface area contributed by atoms with Crippen molar-refractivity contribution in [1.82, 2.24) is 20.8 Å². The standard InChI is InChI=1S/C21H25N5O3S/c1-6-12(3)24-20(28)17-13(4)16-18(22-10-23-21(16)30-17)25-15-9-14(8-7-11(15)2)19(27)26-29-5/h7-10,12H,6H2,1-5H3,(H,24,28)(H,26,27)(H,22,23,25)/t12-/m0/s1. The van der Waals surface area contributed by atoms with Crippen LogP contribution < -0.4 is 16.1 Å². The first-order valence-electron chi connectivity index (χ1n) is 9.61. The van der Waals surface area contributed by atoms with E-state index in [-0.39, 0.29) is 17.9 Å². The average molecular weight is 428 g/mol. The average Bonchev–Trinajstić information content (AvgIpc) is 3.07. The normalized spacial score (nSPS) is 11.9. The number of fused-ring (bicyclic) bond motifs is 1. The minimum Gasteiger partial charge on any atom is -0.349 e. The highest BCUT2D eigenvalue weighted by atomic mass is 32.1. The Morgan fingerprint density at radius 2 is 1.97 bits per heavy atom. The highest BCUT2D eigenvalue weighted by Crippen LogP contribution is 2.35. The second kappa shape index (κ2) is 9.19. The van der Waals surface area contributed by atoms with Crippen molar-refractivity contribution < 1.29 is 14.4 Å². The summed E-state index contributed by atoms with van der Waals surface area (Å²) in [5, 5.41) is 7.10. The monoisotopic (exact) mass is 427 g/mol.